The molecule has 3 aromatic rings. The number of benzene rings is 1. The summed E-state index contributed by atoms with van der Waals surface area (Å²) in [5.41, 5.74) is 0.746. The molecule has 7 nitrogen and oxygen atoms in total. The highest BCUT2D eigenvalue weighted by Gasteiger charge is 2.07. The van der Waals surface area contributed by atoms with E-state index in [9.17, 15) is 19.8 Å². The summed E-state index contributed by atoms with van der Waals surface area (Å²) in [5, 5.41) is 23.1. The smallest absolute Gasteiger partial charge is 0.336 e. The van der Waals surface area contributed by atoms with E-state index < -0.39 is 11.1 Å². The molecule has 0 aliphatic rings. The molecule has 0 aliphatic carbocycles. The molecule has 2 heterocycles. The summed E-state index contributed by atoms with van der Waals surface area (Å²) >= 11 is 0. The molecule has 0 aliphatic heterocycles. The minimum absolute atomic E-state index is 0.0364. The van der Waals surface area contributed by atoms with Gasteiger partial charge in [-0.2, -0.15) is 0 Å². The lowest BCUT2D eigenvalue weighted by Crippen LogP contribution is -2.22. The highest BCUT2D eigenvalue weighted by molar-refractivity contribution is 5.81. The van der Waals surface area contributed by atoms with Gasteiger partial charge in [-0.15, -0.1) is 0 Å². The van der Waals surface area contributed by atoms with Crippen LogP contribution >= 0.6 is 0 Å². The molecular formula is C18H18N2O5. The van der Waals surface area contributed by atoms with E-state index in [1.165, 1.54) is 24.3 Å². The van der Waals surface area contributed by atoms with Gasteiger partial charge in [0.1, 0.15) is 11.3 Å². The average Bonchev–Trinajstić information content (AvgIpc) is 2.57. The Balaban J connectivity index is 1.71. The minimum Gasteiger partial charge on any atom is -0.508 e. The first-order chi connectivity index (χ1) is 12.0. The molecule has 0 bridgehead atoms. The zero-order chi connectivity index (χ0) is 18.0. The number of aromatic nitrogens is 1. The van der Waals surface area contributed by atoms with Gasteiger partial charge < -0.3 is 24.5 Å². The Morgan fingerprint density at radius 2 is 1.96 bits per heavy atom. The van der Waals surface area contributed by atoms with Gasteiger partial charge in [-0.25, -0.2) is 4.79 Å². The first kappa shape index (κ1) is 16.8. The van der Waals surface area contributed by atoms with Gasteiger partial charge in [0.05, 0.1) is 5.69 Å². The number of hydrogen-bond donors (Lipinski definition) is 3. The molecule has 0 spiro atoms. The molecule has 0 fully saturated rings. The molecule has 1 aromatic carbocycles. The van der Waals surface area contributed by atoms with Crippen LogP contribution in [0.15, 0.2) is 50.5 Å². The number of aromatic hydroxyl groups is 2. The monoisotopic (exact) mass is 342 g/mol. The molecule has 3 rings (SSSR count). The first-order valence-electron chi connectivity index (χ1n) is 7.81. The van der Waals surface area contributed by atoms with Gasteiger partial charge >= 0.3 is 5.63 Å². The third-order valence-corrected chi connectivity index (χ3v) is 4.07. The van der Waals surface area contributed by atoms with Crippen LogP contribution in [-0.4, -0.2) is 21.3 Å². The maximum Gasteiger partial charge on any atom is 0.336 e. The zero-order valence-corrected chi connectivity index (χ0v) is 13.7. The van der Waals surface area contributed by atoms with Crippen LogP contribution in [0.4, 0.5) is 0 Å². The van der Waals surface area contributed by atoms with E-state index in [1.54, 1.807) is 23.8 Å². The average molecular weight is 342 g/mol. The van der Waals surface area contributed by atoms with Crippen molar-refractivity contribution in [2.24, 2.45) is 0 Å². The SMILES string of the molecule is Cc1c(O)c(=O)ccn1CCNCc1cc(=O)oc2cc(O)ccc12. The number of phenolic OH excluding ortho intramolecular Hbond substituents is 1. The summed E-state index contributed by atoms with van der Waals surface area (Å²) in [5.74, 6) is -0.205. The highest BCUT2D eigenvalue weighted by atomic mass is 16.4. The first-order valence-corrected chi connectivity index (χ1v) is 7.81. The van der Waals surface area contributed by atoms with Crippen molar-refractivity contribution in [2.45, 2.75) is 20.0 Å². The fourth-order valence-electron chi connectivity index (χ4n) is 2.69. The van der Waals surface area contributed by atoms with Gasteiger partial charge in [0.15, 0.2) is 5.75 Å². The predicted octanol–water partition coefficient (Wildman–Crippen LogP) is 1.46. The zero-order valence-electron chi connectivity index (χ0n) is 13.7. The summed E-state index contributed by atoms with van der Waals surface area (Å²) in [6.07, 6.45) is 1.63. The van der Waals surface area contributed by atoms with E-state index in [4.69, 9.17) is 4.42 Å². The summed E-state index contributed by atoms with van der Waals surface area (Å²) in [6, 6.07) is 7.40. The van der Waals surface area contributed by atoms with Crippen LogP contribution in [0.25, 0.3) is 11.0 Å². The second-order valence-corrected chi connectivity index (χ2v) is 5.76. The molecule has 0 saturated carbocycles. The Kier molecular flexibility index (Phi) is 4.58. The van der Waals surface area contributed by atoms with Gasteiger partial charge in [-0.1, -0.05) is 0 Å². The van der Waals surface area contributed by atoms with Crippen molar-refractivity contribution >= 4 is 11.0 Å². The van der Waals surface area contributed by atoms with Gasteiger partial charge in [-0.05, 0) is 24.6 Å². The van der Waals surface area contributed by atoms with Crippen LogP contribution in [-0.2, 0) is 13.1 Å². The van der Waals surface area contributed by atoms with Gasteiger partial charge in [-0.3, -0.25) is 4.79 Å². The fourth-order valence-corrected chi connectivity index (χ4v) is 2.69. The fraction of sp³-hybridized carbons (Fsp3) is 0.222. The Hall–Kier alpha value is -3.06. The van der Waals surface area contributed by atoms with Crippen molar-refractivity contribution < 1.29 is 14.6 Å². The van der Waals surface area contributed by atoms with Crippen molar-refractivity contribution in [3.8, 4) is 11.5 Å². The molecule has 130 valence electrons. The molecule has 0 saturated heterocycles. The number of pyridine rings is 1. The third-order valence-electron chi connectivity index (χ3n) is 4.07. The van der Waals surface area contributed by atoms with Crippen molar-refractivity contribution in [1.82, 2.24) is 9.88 Å². The Bertz CT molecular complexity index is 1040. The third kappa shape index (κ3) is 3.56. The Morgan fingerprint density at radius 1 is 1.16 bits per heavy atom. The largest absolute Gasteiger partial charge is 0.508 e. The van der Waals surface area contributed by atoms with Gasteiger partial charge in [0.25, 0.3) is 0 Å². The van der Waals surface area contributed by atoms with Crippen LogP contribution in [0.1, 0.15) is 11.3 Å². The number of rotatable bonds is 5. The van der Waals surface area contributed by atoms with E-state index in [0.29, 0.717) is 30.9 Å². The van der Waals surface area contributed by atoms with E-state index in [1.807, 2.05) is 0 Å². The number of nitrogens with zero attached hydrogens (tertiary/aromatic N) is 1. The van der Waals surface area contributed by atoms with E-state index >= 15 is 0 Å². The Morgan fingerprint density at radius 3 is 2.76 bits per heavy atom. The molecular weight excluding hydrogens is 324 g/mol. The number of phenols is 1. The van der Waals surface area contributed by atoms with Crippen LogP contribution < -0.4 is 16.4 Å². The Labute approximate surface area is 142 Å². The number of hydrogen-bond acceptors (Lipinski definition) is 6. The molecule has 7 heteroatoms. The lowest BCUT2D eigenvalue weighted by Gasteiger charge is -2.12. The predicted molar refractivity (Wildman–Crippen MR) is 93.0 cm³/mol. The lowest BCUT2D eigenvalue weighted by atomic mass is 10.1. The summed E-state index contributed by atoms with van der Waals surface area (Å²) in [4.78, 5) is 23.0. The number of fused-ring (bicyclic) bond motifs is 1. The quantitative estimate of drug-likeness (QED) is 0.479. The molecule has 0 radical (unpaired) electrons. The summed E-state index contributed by atoms with van der Waals surface area (Å²) < 4.78 is 6.87. The van der Waals surface area contributed by atoms with Crippen LogP contribution in [0.5, 0.6) is 11.5 Å². The van der Waals surface area contributed by atoms with Crippen LogP contribution in [0.2, 0.25) is 0 Å². The van der Waals surface area contributed by atoms with E-state index in [2.05, 4.69) is 5.32 Å². The molecule has 0 unspecified atom stereocenters. The van der Waals surface area contributed by atoms with Crippen LogP contribution in [0.3, 0.4) is 0 Å². The minimum atomic E-state index is -0.476. The van der Waals surface area contributed by atoms with Crippen molar-refractivity contribution in [2.75, 3.05) is 6.54 Å². The lowest BCUT2D eigenvalue weighted by molar-refractivity contribution is 0.451. The van der Waals surface area contributed by atoms with Gasteiger partial charge in [0, 0.05) is 49.4 Å². The normalized spacial score (nSPS) is 11.1. The molecule has 3 N–H and O–H groups in total. The summed E-state index contributed by atoms with van der Waals surface area (Å²) in [7, 11) is 0. The number of nitrogens with one attached hydrogen (secondary N) is 1. The second-order valence-electron chi connectivity index (χ2n) is 5.76. The van der Waals surface area contributed by atoms with Gasteiger partial charge in [0.2, 0.25) is 5.43 Å². The van der Waals surface area contributed by atoms with Crippen LogP contribution in [0, 0.1) is 6.92 Å². The second kappa shape index (κ2) is 6.82. The molecule has 25 heavy (non-hydrogen) atoms. The molecule has 2 aromatic heterocycles. The molecule has 0 atom stereocenters. The topological polar surface area (TPSA) is 105 Å². The van der Waals surface area contributed by atoms with Crippen molar-refractivity contribution in [3.63, 3.8) is 0 Å². The maximum absolute atomic E-state index is 11.6. The summed E-state index contributed by atoms with van der Waals surface area (Å²) in [6.45, 7) is 3.25. The van der Waals surface area contributed by atoms with E-state index in [0.717, 1.165) is 10.9 Å². The van der Waals surface area contributed by atoms with Crippen molar-refractivity contribution in [3.05, 3.63) is 68.4 Å². The maximum atomic E-state index is 11.6. The highest BCUT2D eigenvalue weighted by Crippen LogP contribution is 2.21. The van der Waals surface area contributed by atoms with Crippen molar-refractivity contribution in [1.29, 1.82) is 0 Å². The molecule has 0 amide bonds. The standard InChI is InChI=1S/C18H18N2O5/c1-11-18(24)15(22)4-6-20(11)7-5-19-10-12-8-17(23)25-16-9-13(21)2-3-14(12)16/h2-4,6,8-9,19,21,24H,5,7,10H2,1H3. The van der Waals surface area contributed by atoms with E-state index in [-0.39, 0.29) is 11.5 Å².